The van der Waals surface area contributed by atoms with Gasteiger partial charge in [-0.1, -0.05) is 11.6 Å². The lowest BCUT2D eigenvalue weighted by Crippen LogP contribution is -2.42. The minimum absolute atomic E-state index is 0.00972. The predicted molar refractivity (Wildman–Crippen MR) is 60.4 cm³/mol. The Bertz CT molecular complexity index is 576. The second-order valence-electron chi connectivity index (χ2n) is 3.57. The van der Waals surface area contributed by atoms with Gasteiger partial charge in [0.25, 0.3) is 17.6 Å². The SMILES string of the molecule is NNC(=O)CN1C(=O)C(=O)c2cc(Cl)c(F)cc21. The van der Waals surface area contributed by atoms with Crippen LogP contribution in [0.25, 0.3) is 0 Å². The zero-order valence-corrected chi connectivity index (χ0v) is 9.62. The lowest BCUT2D eigenvalue weighted by Gasteiger charge is -2.15. The monoisotopic (exact) mass is 271 g/mol. The van der Waals surface area contributed by atoms with Crippen LogP contribution in [0.15, 0.2) is 12.1 Å². The molecule has 1 aliphatic heterocycles. The lowest BCUT2D eigenvalue weighted by molar-refractivity contribution is -0.122. The summed E-state index contributed by atoms with van der Waals surface area (Å²) in [5, 5.41) is -0.264. The molecule has 1 aliphatic rings. The van der Waals surface area contributed by atoms with Crippen LogP contribution in [-0.2, 0) is 9.59 Å². The Morgan fingerprint density at radius 1 is 1.44 bits per heavy atom. The van der Waals surface area contributed by atoms with Crippen LogP contribution in [0.2, 0.25) is 5.02 Å². The molecular formula is C10H7ClFN3O3. The Labute approximate surface area is 105 Å². The maximum Gasteiger partial charge on any atom is 0.299 e. The zero-order valence-electron chi connectivity index (χ0n) is 8.87. The van der Waals surface area contributed by atoms with E-state index in [-0.39, 0.29) is 16.3 Å². The molecule has 3 N–H and O–H groups in total. The van der Waals surface area contributed by atoms with Crippen molar-refractivity contribution >= 4 is 34.9 Å². The number of fused-ring (bicyclic) bond motifs is 1. The highest BCUT2D eigenvalue weighted by atomic mass is 35.5. The summed E-state index contributed by atoms with van der Waals surface area (Å²) in [6, 6.07) is 2.00. The highest BCUT2D eigenvalue weighted by molar-refractivity contribution is 6.53. The van der Waals surface area contributed by atoms with Crippen molar-refractivity contribution in [3.63, 3.8) is 0 Å². The standard InChI is InChI=1S/C10H7ClFN3O3/c11-5-1-4-7(2-6(5)12)15(3-8(16)14-13)10(18)9(4)17/h1-2H,3,13H2,(H,14,16). The van der Waals surface area contributed by atoms with Gasteiger partial charge in [-0.15, -0.1) is 0 Å². The molecule has 0 unspecified atom stereocenters. The van der Waals surface area contributed by atoms with E-state index in [4.69, 9.17) is 17.4 Å². The number of benzene rings is 1. The highest BCUT2D eigenvalue weighted by Crippen LogP contribution is 2.32. The number of hydrogen-bond donors (Lipinski definition) is 2. The third-order valence-corrected chi connectivity index (χ3v) is 2.77. The van der Waals surface area contributed by atoms with Gasteiger partial charge < -0.3 is 0 Å². The van der Waals surface area contributed by atoms with Crippen molar-refractivity contribution < 1.29 is 18.8 Å². The third-order valence-electron chi connectivity index (χ3n) is 2.48. The van der Waals surface area contributed by atoms with Crippen molar-refractivity contribution in [3.8, 4) is 0 Å². The predicted octanol–water partition coefficient (Wildman–Crippen LogP) is -0.00170. The van der Waals surface area contributed by atoms with Crippen LogP contribution in [-0.4, -0.2) is 24.1 Å². The average Bonchev–Trinajstić information content (AvgIpc) is 2.56. The number of ketones is 1. The molecule has 1 aromatic carbocycles. The second kappa shape index (κ2) is 4.35. The molecule has 0 aromatic heterocycles. The molecular weight excluding hydrogens is 265 g/mol. The van der Waals surface area contributed by atoms with Gasteiger partial charge in [-0.3, -0.25) is 24.7 Å². The van der Waals surface area contributed by atoms with Gasteiger partial charge in [-0.05, 0) is 12.1 Å². The first kappa shape index (κ1) is 12.5. The molecule has 0 radical (unpaired) electrons. The van der Waals surface area contributed by atoms with Crippen LogP contribution in [0.3, 0.4) is 0 Å². The Balaban J connectivity index is 2.48. The third kappa shape index (κ3) is 1.83. The summed E-state index contributed by atoms with van der Waals surface area (Å²) in [4.78, 5) is 35.2. The Morgan fingerprint density at radius 3 is 2.72 bits per heavy atom. The molecule has 1 aromatic rings. The number of nitrogens with two attached hydrogens (primary N) is 1. The van der Waals surface area contributed by atoms with Gasteiger partial charge in [0, 0.05) is 0 Å². The minimum Gasteiger partial charge on any atom is -0.295 e. The fraction of sp³-hybridized carbons (Fsp3) is 0.100. The number of halogens is 2. The van der Waals surface area contributed by atoms with Gasteiger partial charge >= 0.3 is 0 Å². The average molecular weight is 272 g/mol. The number of carbonyl (C=O) groups excluding carboxylic acids is 3. The molecule has 0 fully saturated rings. The van der Waals surface area contributed by atoms with E-state index in [1.165, 1.54) is 0 Å². The summed E-state index contributed by atoms with van der Waals surface area (Å²) >= 11 is 5.53. The molecule has 18 heavy (non-hydrogen) atoms. The lowest BCUT2D eigenvalue weighted by atomic mass is 10.1. The molecule has 94 valence electrons. The molecule has 0 aliphatic carbocycles. The van der Waals surface area contributed by atoms with Gasteiger partial charge in [0.15, 0.2) is 0 Å². The number of rotatable bonds is 2. The smallest absolute Gasteiger partial charge is 0.295 e. The molecule has 0 saturated carbocycles. The zero-order chi connectivity index (χ0) is 13.4. The van der Waals surface area contributed by atoms with Crippen molar-refractivity contribution in [2.24, 2.45) is 5.84 Å². The summed E-state index contributed by atoms with van der Waals surface area (Å²) in [6.45, 7) is -0.463. The number of Topliss-reactive ketones (excluding diaryl/α,β-unsaturated/α-hetero) is 1. The van der Waals surface area contributed by atoms with E-state index in [1.807, 2.05) is 5.43 Å². The Kier molecular flexibility index (Phi) is 3.02. The molecule has 0 saturated heterocycles. The highest BCUT2D eigenvalue weighted by Gasteiger charge is 2.37. The maximum atomic E-state index is 13.3. The molecule has 2 amide bonds. The number of anilines is 1. The second-order valence-corrected chi connectivity index (χ2v) is 3.98. The van der Waals surface area contributed by atoms with Crippen LogP contribution in [0, 0.1) is 5.82 Å². The number of hydrogen-bond acceptors (Lipinski definition) is 4. The first-order valence-electron chi connectivity index (χ1n) is 4.80. The van der Waals surface area contributed by atoms with Crippen LogP contribution in [0.1, 0.15) is 10.4 Å². The summed E-state index contributed by atoms with van der Waals surface area (Å²) < 4.78 is 13.3. The van der Waals surface area contributed by atoms with Crippen molar-refractivity contribution in [3.05, 3.63) is 28.5 Å². The molecule has 0 bridgehead atoms. The van der Waals surface area contributed by atoms with Crippen LogP contribution >= 0.6 is 11.6 Å². The van der Waals surface area contributed by atoms with Crippen molar-refractivity contribution in [2.45, 2.75) is 0 Å². The molecule has 1 heterocycles. The van der Waals surface area contributed by atoms with Crippen LogP contribution in [0.4, 0.5) is 10.1 Å². The first-order chi connectivity index (χ1) is 8.45. The Morgan fingerprint density at radius 2 is 2.11 bits per heavy atom. The van der Waals surface area contributed by atoms with E-state index < -0.39 is 30.0 Å². The van der Waals surface area contributed by atoms with Crippen molar-refractivity contribution in [1.29, 1.82) is 0 Å². The van der Waals surface area contributed by atoms with E-state index in [0.29, 0.717) is 0 Å². The fourth-order valence-corrected chi connectivity index (χ4v) is 1.80. The van der Waals surface area contributed by atoms with Crippen LogP contribution < -0.4 is 16.2 Å². The summed E-state index contributed by atoms with van der Waals surface area (Å²) in [5.41, 5.74) is 1.80. The molecule has 2 rings (SSSR count). The Hall–Kier alpha value is -1.99. The summed E-state index contributed by atoms with van der Waals surface area (Å²) in [7, 11) is 0. The number of nitrogens with one attached hydrogen (secondary N) is 1. The van der Waals surface area contributed by atoms with E-state index >= 15 is 0 Å². The van der Waals surface area contributed by atoms with Crippen molar-refractivity contribution in [1.82, 2.24) is 5.43 Å². The van der Waals surface area contributed by atoms with E-state index in [2.05, 4.69) is 0 Å². The number of hydrazine groups is 1. The van der Waals surface area contributed by atoms with Gasteiger partial charge in [0.05, 0.1) is 16.3 Å². The first-order valence-corrected chi connectivity index (χ1v) is 5.18. The van der Waals surface area contributed by atoms with Gasteiger partial charge in [-0.25, -0.2) is 10.2 Å². The normalized spacial score (nSPS) is 13.8. The van der Waals surface area contributed by atoms with E-state index in [1.54, 1.807) is 0 Å². The fourth-order valence-electron chi connectivity index (χ4n) is 1.63. The summed E-state index contributed by atoms with van der Waals surface area (Å²) in [6.07, 6.45) is 0. The van der Waals surface area contributed by atoms with Gasteiger partial charge in [-0.2, -0.15) is 0 Å². The van der Waals surface area contributed by atoms with E-state index in [9.17, 15) is 18.8 Å². The molecule has 0 atom stereocenters. The maximum absolute atomic E-state index is 13.3. The largest absolute Gasteiger partial charge is 0.299 e. The summed E-state index contributed by atoms with van der Waals surface area (Å²) in [5.74, 6) is 1.67. The number of carbonyl (C=O) groups is 3. The topological polar surface area (TPSA) is 92.5 Å². The quantitative estimate of drug-likeness (QED) is 0.343. The van der Waals surface area contributed by atoms with Crippen LogP contribution in [0.5, 0.6) is 0 Å². The van der Waals surface area contributed by atoms with Crippen molar-refractivity contribution in [2.75, 3.05) is 11.4 Å². The molecule has 6 nitrogen and oxygen atoms in total. The molecule has 8 heteroatoms. The van der Waals surface area contributed by atoms with Gasteiger partial charge in [0.1, 0.15) is 12.4 Å². The minimum atomic E-state index is -0.921. The molecule has 0 spiro atoms. The number of amides is 2. The van der Waals surface area contributed by atoms with E-state index in [0.717, 1.165) is 17.0 Å². The van der Waals surface area contributed by atoms with Gasteiger partial charge in [0.2, 0.25) is 0 Å². The number of nitrogens with zero attached hydrogens (tertiary/aromatic N) is 1.